The monoisotopic (exact) mass is 370 g/mol. The molecule has 0 atom stereocenters. The summed E-state index contributed by atoms with van der Waals surface area (Å²) in [6, 6.07) is 0. The van der Waals surface area contributed by atoms with E-state index in [0.717, 1.165) is 12.8 Å². The summed E-state index contributed by atoms with van der Waals surface area (Å²) in [7, 11) is -2.85. The zero-order valence-corrected chi connectivity index (χ0v) is 18.6. The van der Waals surface area contributed by atoms with Crippen molar-refractivity contribution in [1.82, 2.24) is 0 Å². The summed E-state index contributed by atoms with van der Waals surface area (Å²) < 4.78 is 19.3. The molecule has 1 aliphatic carbocycles. The predicted octanol–water partition coefficient (Wildman–Crippen LogP) is 6.58. The van der Waals surface area contributed by atoms with E-state index in [1.165, 1.54) is 56.6 Å². The molecule has 0 fully saturated rings. The van der Waals surface area contributed by atoms with Gasteiger partial charge in [0.15, 0.2) is 0 Å². The quantitative estimate of drug-likeness (QED) is 0.474. The molecule has 0 amide bonds. The Morgan fingerprint density at radius 3 is 1.48 bits per heavy atom. The summed E-state index contributed by atoms with van der Waals surface area (Å²) >= 11 is 0. The second-order valence-corrected chi connectivity index (χ2v) is 10.6. The molecular weight excluding hydrogens is 328 g/mol. The molecule has 0 aromatic rings. The minimum absolute atomic E-state index is 0.103. The van der Waals surface area contributed by atoms with E-state index in [-0.39, 0.29) is 18.3 Å². The van der Waals surface area contributed by atoms with Crippen LogP contribution in [0.15, 0.2) is 11.3 Å². The second kappa shape index (κ2) is 12.3. The number of hydrogen-bond donors (Lipinski definition) is 0. The molecule has 0 heterocycles. The highest BCUT2D eigenvalue weighted by Gasteiger charge is 2.47. The van der Waals surface area contributed by atoms with Gasteiger partial charge in [-0.25, -0.2) is 0 Å². The maximum atomic E-state index is 6.45. The van der Waals surface area contributed by atoms with Crippen LogP contribution in [0.25, 0.3) is 0 Å². The maximum Gasteiger partial charge on any atom is 0.533 e. The lowest BCUT2D eigenvalue weighted by Gasteiger charge is -2.36. The Morgan fingerprint density at radius 1 is 0.640 bits per heavy atom. The number of allylic oxidation sites excluding steroid dienone is 2. The van der Waals surface area contributed by atoms with Crippen molar-refractivity contribution >= 4 is 8.80 Å². The van der Waals surface area contributed by atoms with Crippen molar-refractivity contribution in [3.05, 3.63) is 11.3 Å². The van der Waals surface area contributed by atoms with Gasteiger partial charge in [-0.2, -0.15) is 0 Å². The zero-order chi connectivity index (χ0) is 18.7. The summed E-state index contributed by atoms with van der Waals surface area (Å²) in [5, 5.41) is 1.32. The van der Waals surface area contributed by atoms with Crippen LogP contribution in [0, 0.1) is 0 Å². The van der Waals surface area contributed by atoms with E-state index in [2.05, 4.69) is 47.6 Å². The highest BCUT2D eigenvalue weighted by Crippen LogP contribution is 2.30. The first-order chi connectivity index (χ1) is 11.9. The van der Waals surface area contributed by atoms with E-state index in [0.29, 0.717) is 0 Å². The average molecular weight is 371 g/mol. The van der Waals surface area contributed by atoms with E-state index in [1.54, 1.807) is 0 Å². The van der Waals surface area contributed by atoms with Gasteiger partial charge in [-0.3, -0.25) is 0 Å². The Bertz CT molecular complexity index is 351. The lowest BCUT2D eigenvalue weighted by Crippen LogP contribution is -2.52. The van der Waals surface area contributed by atoms with Crippen LogP contribution in [-0.4, -0.2) is 27.1 Å². The second-order valence-electron chi connectivity index (χ2n) is 8.15. The summed E-state index contributed by atoms with van der Waals surface area (Å²) in [4.78, 5) is 0. The van der Waals surface area contributed by atoms with Gasteiger partial charge in [0.25, 0.3) is 0 Å². The highest BCUT2D eigenvalue weighted by molar-refractivity contribution is 6.69. The molecule has 4 heteroatoms. The van der Waals surface area contributed by atoms with Crippen LogP contribution in [0.2, 0.25) is 0 Å². The predicted molar refractivity (Wildman–Crippen MR) is 109 cm³/mol. The van der Waals surface area contributed by atoms with Crippen molar-refractivity contribution in [3.63, 3.8) is 0 Å². The normalized spacial score (nSPS) is 19.0. The van der Waals surface area contributed by atoms with Gasteiger partial charge in [0.2, 0.25) is 0 Å². The Morgan fingerprint density at radius 2 is 1.04 bits per heavy atom. The maximum absolute atomic E-state index is 6.45. The first-order valence-corrected chi connectivity index (χ1v) is 12.3. The van der Waals surface area contributed by atoms with Crippen LogP contribution in [0.3, 0.4) is 0 Å². The Labute approximate surface area is 157 Å². The Balaban J connectivity index is 3.08. The molecule has 0 aromatic heterocycles. The standard InChI is InChI=1S/C21H42O3Si/c1-18(2)22-25(23-19(3)4,24-20(5)6)21-16-14-12-10-8-7-9-11-13-15-17-21/h16,18-20H,7-15,17H2,1-6H3. The van der Waals surface area contributed by atoms with Crippen LogP contribution < -0.4 is 0 Å². The van der Waals surface area contributed by atoms with E-state index >= 15 is 0 Å². The van der Waals surface area contributed by atoms with Crippen LogP contribution in [0.4, 0.5) is 0 Å². The highest BCUT2D eigenvalue weighted by atomic mass is 28.4. The third-order valence-electron chi connectivity index (χ3n) is 4.36. The molecular formula is C21H42O3Si. The SMILES string of the molecule is CC(C)O[Si](OC(C)C)(OC(C)C)C1=CCCCCCCCCCC1. The molecule has 0 radical (unpaired) electrons. The molecule has 0 unspecified atom stereocenters. The van der Waals surface area contributed by atoms with Crippen molar-refractivity contribution in [2.45, 2.75) is 124 Å². The van der Waals surface area contributed by atoms with Gasteiger partial charge in [-0.05, 0) is 72.4 Å². The van der Waals surface area contributed by atoms with Crippen molar-refractivity contribution in [3.8, 4) is 0 Å². The van der Waals surface area contributed by atoms with Gasteiger partial charge in [-0.1, -0.05) is 44.6 Å². The first kappa shape index (κ1) is 22.9. The fourth-order valence-electron chi connectivity index (χ4n) is 3.42. The topological polar surface area (TPSA) is 27.7 Å². The van der Waals surface area contributed by atoms with Gasteiger partial charge < -0.3 is 13.3 Å². The van der Waals surface area contributed by atoms with E-state index in [1.807, 2.05) is 0 Å². The summed E-state index contributed by atoms with van der Waals surface area (Å²) in [6.45, 7) is 12.5. The Kier molecular flexibility index (Phi) is 11.2. The largest absolute Gasteiger partial charge is 0.533 e. The van der Waals surface area contributed by atoms with Crippen LogP contribution in [0.5, 0.6) is 0 Å². The van der Waals surface area contributed by atoms with Crippen LogP contribution in [-0.2, 0) is 13.3 Å². The van der Waals surface area contributed by atoms with Gasteiger partial charge in [0.1, 0.15) is 0 Å². The molecule has 148 valence electrons. The molecule has 0 spiro atoms. The average Bonchev–Trinajstić information content (AvgIpc) is 2.45. The van der Waals surface area contributed by atoms with Gasteiger partial charge in [0, 0.05) is 18.3 Å². The summed E-state index contributed by atoms with van der Waals surface area (Å²) in [5.74, 6) is 0. The molecule has 0 aromatic carbocycles. The molecule has 0 saturated carbocycles. The fraction of sp³-hybridized carbons (Fsp3) is 0.905. The van der Waals surface area contributed by atoms with Crippen molar-refractivity contribution in [1.29, 1.82) is 0 Å². The third-order valence-corrected chi connectivity index (χ3v) is 7.94. The van der Waals surface area contributed by atoms with Gasteiger partial charge in [0.05, 0.1) is 0 Å². The minimum atomic E-state index is -2.85. The van der Waals surface area contributed by atoms with Crippen molar-refractivity contribution < 1.29 is 13.3 Å². The molecule has 1 aliphatic rings. The molecule has 3 nitrogen and oxygen atoms in total. The summed E-state index contributed by atoms with van der Waals surface area (Å²) in [5.41, 5.74) is 0. The lowest BCUT2D eigenvalue weighted by atomic mass is 10.0. The lowest BCUT2D eigenvalue weighted by molar-refractivity contribution is 0.0101. The first-order valence-electron chi connectivity index (χ1n) is 10.6. The van der Waals surface area contributed by atoms with E-state index < -0.39 is 8.80 Å². The Hall–Kier alpha value is -0.163. The molecule has 0 aliphatic heterocycles. The van der Waals surface area contributed by atoms with E-state index in [9.17, 15) is 0 Å². The van der Waals surface area contributed by atoms with Crippen molar-refractivity contribution in [2.24, 2.45) is 0 Å². The van der Waals surface area contributed by atoms with Crippen LogP contribution in [0.1, 0.15) is 106 Å². The zero-order valence-electron chi connectivity index (χ0n) is 17.6. The van der Waals surface area contributed by atoms with Gasteiger partial charge in [-0.15, -0.1) is 0 Å². The van der Waals surface area contributed by atoms with Crippen molar-refractivity contribution in [2.75, 3.05) is 0 Å². The van der Waals surface area contributed by atoms with Gasteiger partial charge >= 0.3 is 8.80 Å². The molecule has 0 saturated heterocycles. The number of hydrogen-bond acceptors (Lipinski definition) is 3. The fourth-order valence-corrected chi connectivity index (χ4v) is 6.78. The molecule has 1 rings (SSSR count). The molecule has 0 bridgehead atoms. The summed E-state index contributed by atoms with van der Waals surface area (Å²) in [6.07, 6.45) is 15.5. The smallest absolute Gasteiger partial charge is 0.368 e. The molecule has 25 heavy (non-hydrogen) atoms. The van der Waals surface area contributed by atoms with E-state index in [4.69, 9.17) is 13.3 Å². The molecule has 0 N–H and O–H groups in total. The minimum Gasteiger partial charge on any atom is -0.368 e. The van der Waals surface area contributed by atoms with Crippen LogP contribution >= 0.6 is 0 Å². The third kappa shape index (κ3) is 9.37. The number of rotatable bonds is 7.